The number of amides is 1. The van der Waals surface area contributed by atoms with Crippen LogP contribution in [0.3, 0.4) is 0 Å². The van der Waals surface area contributed by atoms with Crippen molar-refractivity contribution in [2.75, 3.05) is 6.61 Å². The molecular formula is C12H17N3O4. The Morgan fingerprint density at radius 3 is 2.63 bits per heavy atom. The number of aryl methyl sites for hydroxylation is 1. The van der Waals surface area contributed by atoms with Crippen LogP contribution >= 0.6 is 0 Å². The summed E-state index contributed by atoms with van der Waals surface area (Å²) < 4.78 is 4.77. The van der Waals surface area contributed by atoms with E-state index in [1.165, 1.54) is 6.92 Å². The Labute approximate surface area is 110 Å². The van der Waals surface area contributed by atoms with Crippen molar-refractivity contribution in [1.29, 1.82) is 0 Å². The van der Waals surface area contributed by atoms with Crippen LogP contribution in [0.4, 0.5) is 0 Å². The number of hydrogen-bond acceptors (Lipinski definition) is 5. The number of carbonyl (C=O) groups is 2. The molecule has 0 radical (unpaired) electrons. The Bertz CT molecular complexity index is 550. The fraction of sp³-hybridized carbons (Fsp3) is 0.500. The van der Waals surface area contributed by atoms with Gasteiger partial charge < -0.3 is 10.1 Å². The van der Waals surface area contributed by atoms with E-state index in [1.54, 1.807) is 20.8 Å². The Hall–Kier alpha value is -2.18. The van der Waals surface area contributed by atoms with Crippen LogP contribution in [0.2, 0.25) is 0 Å². The van der Waals surface area contributed by atoms with Crippen LogP contribution < -0.4 is 10.9 Å². The van der Waals surface area contributed by atoms with Crippen LogP contribution in [-0.4, -0.2) is 34.7 Å². The number of H-pyrrole nitrogens is 1. The number of carbonyl (C=O) groups excluding carboxylic acids is 2. The van der Waals surface area contributed by atoms with E-state index >= 15 is 0 Å². The number of nitrogens with one attached hydrogen (secondary N) is 2. The van der Waals surface area contributed by atoms with E-state index < -0.39 is 23.5 Å². The molecule has 0 saturated carbocycles. The van der Waals surface area contributed by atoms with Gasteiger partial charge >= 0.3 is 5.97 Å². The molecule has 7 heteroatoms. The highest BCUT2D eigenvalue weighted by Gasteiger charge is 2.21. The van der Waals surface area contributed by atoms with Gasteiger partial charge in [-0.05, 0) is 33.3 Å². The Morgan fingerprint density at radius 1 is 1.42 bits per heavy atom. The van der Waals surface area contributed by atoms with Gasteiger partial charge in [0.1, 0.15) is 11.6 Å². The lowest BCUT2D eigenvalue weighted by Gasteiger charge is -2.13. The van der Waals surface area contributed by atoms with Crippen LogP contribution in [0, 0.1) is 13.8 Å². The second-order valence-electron chi connectivity index (χ2n) is 4.09. The van der Waals surface area contributed by atoms with Gasteiger partial charge in [-0.3, -0.25) is 9.59 Å². The van der Waals surface area contributed by atoms with Crippen LogP contribution in [-0.2, 0) is 9.53 Å². The SMILES string of the molecule is CCOC(=O)C(C)NC(=O)c1c(C)c(C)n[nH]c1=O. The van der Waals surface area contributed by atoms with Gasteiger partial charge in [0.2, 0.25) is 0 Å². The monoisotopic (exact) mass is 267 g/mol. The fourth-order valence-corrected chi connectivity index (χ4v) is 1.49. The highest BCUT2D eigenvalue weighted by molar-refractivity contribution is 5.97. The zero-order valence-corrected chi connectivity index (χ0v) is 11.4. The smallest absolute Gasteiger partial charge is 0.328 e. The first-order valence-electron chi connectivity index (χ1n) is 5.91. The minimum absolute atomic E-state index is 0.0383. The molecule has 0 saturated heterocycles. The normalized spacial score (nSPS) is 11.8. The summed E-state index contributed by atoms with van der Waals surface area (Å²) in [6.07, 6.45) is 0. The van der Waals surface area contributed by atoms with Gasteiger partial charge in [-0.15, -0.1) is 0 Å². The molecule has 1 amide bonds. The van der Waals surface area contributed by atoms with Crippen LogP contribution in [0.25, 0.3) is 0 Å². The third-order valence-electron chi connectivity index (χ3n) is 2.68. The van der Waals surface area contributed by atoms with E-state index in [9.17, 15) is 14.4 Å². The number of rotatable bonds is 4. The maximum Gasteiger partial charge on any atom is 0.328 e. The highest BCUT2D eigenvalue weighted by atomic mass is 16.5. The van der Waals surface area contributed by atoms with Gasteiger partial charge in [-0.1, -0.05) is 0 Å². The summed E-state index contributed by atoms with van der Waals surface area (Å²) >= 11 is 0. The van der Waals surface area contributed by atoms with Crippen molar-refractivity contribution in [2.45, 2.75) is 33.7 Å². The van der Waals surface area contributed by atoms with E-state index in [0.29, 0.717) is 11.3 Å². The third kappa shape index (κ3) is 3.40. The van der Waals surface area contributed by atoms with Crippen molar-refractivity contribution >= 4 is 11.9 Å². The standard InChI is InChI=1S/C12H17N3O4/c1-5-19-12(18)8(4)13-10(16)9-6(2)7(3)14-15-11(9)17/h8H,5H2,1-4H3,(H,13,16)(H,15,17). The first-order valence-corrected chi connectivity index (χ1v) is 5.91. The van der Waals surface area contributed by atoms with E-state index in [0.717, 1.165) is 0 Å². The molecule has 0 spiro atoms. The van der Waals surface area contributed by atoms with Gasteiger partial charge in [-0.25, -0.2) is 9.89 Å². The van der Waals surface area contributed by atoms with E-state index in [-0.39, 0.29) is 12.2 Å². The Morgan fingerprint density at radius 2 is 2.05 bits per heavy atom. The zero-order chi connectivity index (χ0) is 14.6. The van der Waals surface area contributed by atoms with Crippen molar-refractivity contribution in [3.63, 3.8) is 0 Å². The van der Waals surface area contributed by atoms with Crippen molar-refractivity contribution in [2.24, 2.45) is 0 Å². The molecule has 1 heterocycles. The summed E-state index contributed by atoms with van der Waals surface area (Å²) in [5, 5.41) is 8.42. The Kier molecular flexibility index (Phi) is 4.80. The summed E-state index contributed by atoms with van der Waals surface area (Å²) in [5.41, 5.74) is 0.408. The van der Waals surface area contributed by atoms with Gasteiger partial charge in [0.05, 0.1) is 12.3 Å². The maximum atomic E-state index is 12.0. The third-order valence-corrected chi connectivity index (χ3v) is 2.68. The van der Waals surface area contributed by atoms with Crippen molar-refractivity contribution in [3.8, 4) is 0 Å². The van der Waals surface area contributed by atoms with Gasteiger partial charge in [-0.2, -0.15) is 5.10 Å². The van der Waals surface area contributed by atoms with Gasteiger partial charge in [0.25, 0.3) is 11.5 Å². The molecule has 1 atom stereocenters. The number of esters is 1. The Balaban J connectivity index is 2.94. The minimum Gasteiger partial charge on any atom is -0.464 e. The predicted molar refractivity (Wildman–Crippen MR) is 67.9 cm³/mol. The summed E-state index contributed by atoms with van der Waals surface area (Å²) in [6, 6.07) is -0.820. The maximum absolute atomic E-state index is 12.0. The average molecular weight is 267 g/mol. The topological polar surface area (TPSA) is 101 Å². The van der Waals surface area contributed by atoms with Crippen LogP contribution in [0.5, 0.6) is 0 Å². The van der Waals surface area contributed by atoms with Gasteiger partial charge in [0, 0.05) is 0 Å². The molecule has 0 aromatic carbocycles. The van der Waals surface area contributed by atoms with Crippen molar-refractivity contribution in [3.05, 3.63) is 27.2 Å². The summed E-state index contributed by atoms with van der Waals surface area (Å²) in [7, 11) is 0. The lowest BCUT2D eigenvalue weighted by Crippen LogP contribution is -2.42. The number of nitrogens with zero attached hydrogens (tertiary/aromatic N) is 1. The zero-order valence-electron chi connectivity index (χ0n) is 11.4. The second-order valence-corrected chi connectivity index (χ2v) is 4.09. The second kappa shape index (κ2) is 6.12. The molecule has 19 heavy (non-hydrogen) atoms. The summed E-state index contributed by atoms with van der Waals surface area (Å²) in [5.74, 6) is -1.17. The molecule has 1 rings (SSSR count). The highest BCUT2D eigenvalue weighted by Crippen LogP contribution is 2.05. The predicted octanol–water partition coefficient (Wildman–Crippen LogP) is 0.0681. The number of ether oxygens (including phenoxy) is 1. The molecule has 1 aromatic heterocycles. The van der Waals surface area contributed by atoms with Crippen molar-refractivity contribution < 1.29 is 14.3 Å². The minimum atomic E-state index is -0.820. The molecule has 0 bridgehead atoms. The molecule has 1 aromatic rings. The molecule has 0 aliphatic heterocycles. The first kappa shape index (κ1) is 14.9. The molecule has 7 nitrogen and oxygen atoms in total. The number of aromatic amines is 1. The lowest BCUT2D eigenvalue weighted by atomic mass is 10.1. The number of aromatic nitrogens is 2. The van der Waals surface area contributed by atoms with E-state index in [2.05, 4.69) is 15.5 Å². The molecule has 104 valence electrons. The van der Waals surface area contributed by atoms with E-state index in [1.807, 2.05) is 0 Å². The number of hydrogen-bond donors (Lipinski definition) is 2. The van der Waals surface area contributed by atoms with E-state index in [4.69, 9.17) is 4.74 Å². The molecule has 0 fully saturated rings. The molecule has 0 aliphatic rings. The van der Waals surface area contributed by atoms with Crippen LogP contribution in [0.15, 0.2) is 4.79 Å². The molecule has 0 aliphatic carbocycles. The molecule has 1 unspecified atom stereocenters. The van der Waals surface area contributed by atoms with Crippen LogP contribution in [0.1, 0.15) is 35.5 Å². The largest absolute Gasteiger partial charge is 0.464 e. The average Bonchev–Trinajstić information content (AvgIpc) is 2.34. The first-order chi connectivity index (χ1) is 8.88. The molecule has 2 N–H and O–H groups in total. The summed E-state index contributed by atoms with van der Waals surface area (Å²) in [6.45, 7) is 6.70. The molecular weight excluding hydrogens is 250 g/mol. The quantitative estimate of drug-likeness (QED) is 0.752. The fourth-order valence-electron chi connectivity index (χ4n) is 1.49. The van der Waals surface area contributed by atoms with Gasteiger partial charge in [0.15, 0.2) is 0 Å². The lowest BCUT2D eigenvalue weighted by molar-refractivity contribution is -0.144. The summed E-state index contributed by atoms with van der Waals surface area (Å²) in [4.78, 5) is 35.0. The van der Waals surface area contributed by atoms with Crippen molar-refractivity contribution in [1.82, 2.24) is 15.5 Å².